The predicted molar refractivity (Wildman–Crippen MR) is 61.8 cm³/mol. The number of halogens is 2. The van der Waals surface area contributed by atoms with Crippen LogP contribution in [0.25, 0.3) is 0 Å². The maximum atomic E-state index is 11.1. The highest BCUT2D eigenvalue weighted by Gasteiger charge is 2.07. The van der Waals surface area contributed by atoms with E-state index in [1.807, 2.05) is 31.2 Å². The minimum absolute atomic E-state index is 0.0150. The maximum absolute atomic E-state index is 11.1. The highest BCUT2D eigenvalue weighted by atomic mass is 79.9. The molecule has 76 valence electrons. The van der Waals surface area contributed by atoms with Gasteiger partial charge in [0.1, 0.15) is 0 Å². The third-order valence-electron chi connectivity index (χ3n) is 1.85. The van der Waals surface area contributed by atoms with E-state index in [-0.39, 0.29) is 11.9 Å². The zero-order chi connectivity index (χ0) is 10.6. The number of amides is 1. The highest BCUT2D eigenvalue weighted by molar-refractivity contribution is 9.09. The first kappa shape index (κ1) is 11.5. The average Bonchev–Trinajstić information content (AvgIpc) is 2.17. The molecule has 0 aliphatic heterocycles. The van der Waals surface area contributed by atoms with Gasteiger partial charge in [0.05, 0.1) is 11.4 Å². The van der Waals surface area contributed by atoms with E-state index in [0.717, 1.165) is 5.56 Å². The molecule has 1 N–H and O–H groups in total. The Hall–Kier alpha value is -0.540. The molecule has 2 nitrogen and oxygen atoms in total. The summed E-state index contributed by atoms with van der Waals surface area (Å²) in [6, 6.07) is 7.45. The van der Waals surface area contributed by atoms with Crippen LogP contribution in [0, 0.1) is 0 Å². The molecule has 1 unspecified atom stereocenters. The number of rotatable bonds is 3. The van der Waals surface area contributed by atoms with E-state index in [2.05, 4.69) is 21.2 Å². The van der Waals surface area contributed by atoms with Crippen LogP contribution < -0.4 is 5.32 Å². The van der Waals surface area contributed by atoms with Crippen molar-refractivity contribution >= 4 is 33.4 Å². The molecular formula is C10H11BrClNO. The molecule has 14 heavy (non-hydrogen) atoms. The highest BCUT2D eigenvalue weighted by Crippen LogP contribution is 2.17. The van der Waals surface area contributed by atoms with Gasteiger partial charge in [0.25, 0.3) is 0 Å². The molecule has 0 aromatic heterocycles. The Kier molecular flexibility index (Phi) is 4.42. The molecule has 0 fully saturated rings. The average molecular weight is 277 g/mol. The van der Waals surface area contributed by atoms with E-state index in [9.17, 15) is 4.79 Å². The van der Waals surface area contributed by atoms with Gasteiger partial charge in [-0.25, -0.2) is 0 Å². The normalized spacial score (nSPS) is 12.2. The Labute approximate surface area is 96.8 Å². The van der Waals surface area contributed by atoms with Gasteiger partial charge >= 0.3 is 0 Å². The summed E-state index contributed by atoms with van der Waals surface area (Å²) in [4.78, 5) is 11.1. The zero-order valence-corrected chi connectivity index (χ0v) is 10.1. The van der Waals surface area contributed by atoms with Gasteiger partial charge in [0.2, 0.25) is 5.91 Å². The second-order valence-corrected chi connectivity index (χ2v) is 3.98. The summed E-state index contributed by atoms with van der Waals surface area (Å²) >= 11 is 8.93. The van der Waals surface area contributed by atoms with E-state index in [1.165, 1.54) is 0 Å². The second kappa shape index (κ2) is 5.37. The van der Waals surface area contributed by atoms with Gasteiger partial charge in [-0.3, -0.25) is 4.79 Å². The standard InChI is InChI=1S/C10H11BrClNO/c1-7(13-10(14)6-11)8-3-2-4-9(12)5-8/h2-5,7H,6H2,1H3,(H,13,14). The minimum Gasteiger partial charge on any atom is -0.349 e. The van der Waals surface area contributed by atoms with Crippen LogP contribution in [-0.4, -0.2) is 11.2 Å². The lowest BCUT2D eigenvalue weighted by atomic mass is 10.1. The number of carbonyl (C=O) groups excluding carboxylic acids is 1. The van der Waals surface area contributed by atoms with Crippen molar-refractivity contribution in [1.82, 2.24) is 5.32 Å². The number of benzene rings is 1. The molecule has 4 heteroatoms. The molecule has 1 amide bonds. The summed E-state index contributed by atoms with van der Waals surface area (Å²) in [6.45, 7) is 1.92. The number of nitrogens with one attached hydrogen (secondary N) is 1. The SMILES string of the molecule is CC(NC(=O)CBr)c1cccc(Cl)c1. The Morgan fingerprint density at radius 2 is 2.36 bits per heavy atom. The van der Waals surface area contributed by atoms with E-state index in [1.54, 1.807) is 0 Å². The number of carbonyl (C=O) groups is 1. The van der Waals surface area contributed by atoms with Crippen molar-refractivity contribution < 1.29 is 4.79 Å². The lowest BCUT2D eigenvalue weighted by Gasteiger charge is -2.13. The fourth-order valence-electron chi connectivity index (χ4n) is 1.14. The summed E-state index contributed by atoms with van der Waals surface area (Å²) in [7, 11) is 0. The van der Waals surface area contributed by atoms with Gasteiger partial charge in [0.15, 0.2) is 0 Å². The Morgan fingerprint density at radius 1 is 1.64 bits per heavy atom. The molecule has 1 aromatic rings. The van der Waals surface area contributed by atoms with Crippen LogP contribution >= 0.6 is 27.5 Å². The fourth-order valence-corrected chi connectivity index (χ4v) is 1.50. The third kappa shape index (κ3) is 3.31. The molecule has 0 heterocycles. The Balaban J connectivity index is 2.69. The minimum atomic E-state index is -0.0301. The molecule has 0 saturated carbocycles. The van der Waals surface area contributed by atoms with Crippen molar-refractivity contribution in [2.45, 2.75) is 13.0 Å². The van der Waals surface area contributed by atoms with E-state index >= 15 is 0 Å². The first-order valence-electron chi connectivity index (χ1n) is 4.24. The van der Waals surface area contributed by atoms with Crippen molar-refractivity contribution in [3.8, 4) is 0 Å². The zero-order valence-electron chi connectivity index (χ0n) is 7.76. The van der Waals surface area contributed by atoms with E-state index in [0.29, 0.717) is 10.4 Å². The number of hydrogen-bond acceptors (Lipinski definition) is 1. The van der Waals surface area contributed by atoms with Crippen LogP contribution in [0.3, 0.4) is 0 Å². The van der Waals surface area contributed by atoms with Crippen LogP contribution in [0.15, 0.2) is 24.3 Å². The summed E-state index contributed by atoms with van der Waals surface area (Å²) in [5.41, 5.74) is 1.01. The number of alkyl halides is 1. The van der Waals surface area contributed by atoms with Gasteiger partial charge in [-0.2, -0.15) is 0 Å². The van der Waals surface area contributed by atoms with Gasteiger partial charge < -0.3 is 5.32 Å². The van der Waals surface area contributed by atoms with Crippen molar-refractivity contribution in [2.24, 2.45) is 0 Å². The first-order valence-corrected chi connectivity index (χ1v) is 5.74. The van der Waals surface area contributed by atoms with E-state index in [4.69, 9.17) is 11.6 Å². The van der Waals surface area contributed by atoms with Gasteiger partial charge in [-0.05, 0) is 24.6 Å². The molecule has 0 aliphatic rings. The van der Waals surface area contributed by atoms with Crippen molar-refractivity contribution in [3.05, 3.63) is 34.9 Å². The largest absolute Gasteiger partial charge is 0.349 e. The molecule has 0 saturated heterocycles. The molecule has 0 aliphatic carbocycles. The van der Waals surface area contributed by atoms with Gasteiger partial charge in [-0.1, -0.05) is 39.7 Å². The second-order valence-electron chi connectivity index (χ2n) is 2.98. The molecule has 1 atom stereocenters. The van der Waals surface area contributed by atoms with Crippen molar-refractivity contribution in [1.29, 1.82) is 0 Å². The summed E-state index contributed by atoms with van der Waals surface area (Å²) in [5.74, 6) is -0.0301. The fraction of sp³-hybridized carbons (Fsp3) is 0.300. The summed E-state index contributed by atoms with van der Waals surface area (Å²) < 4.78 is 0. The monoisotopic (exact) mass is 275 g/mol. The lowest BCUT2D eigenvalue weighted by molar-refractivity contribution is -0.119. The Bertz CT molecular complexity index is 330. The molecule has 0 radical (unpaired) electrons. The predicted octanol–water partition coefficient (Wildman–Crippen LogP) is 2.91. The van der Waals surface area contributed by atoms with Gasteiger partial charge in [0, 0.05) is 5.02 Å². The van der Waals surface area contributed by atoms with Crippen LogP contribution in [0.1, 0.15) is 18.5 Å². The quantitative estimate of drug-likeness (QED) is 0.845. The van der Waals surface area contributed by atoms with Crippen molar-refractivity contribution in [2.75, 3.05) is 5.33 Å². The molecule has 0 bridgehead atoms. The molecule has 0 spiro atoms. The first-order chi connectivity index (χ1) is 6.63. The molecule has 1 rings (SSSR count). The van der Waals surface area contributed by atoms with Crippen LogP contribution in [0.4, 0.5) is 0 Å². The van der Waals surface area contributed by atoms with Crippen molar-refractivity contribution in [3.63, 3.8) is 0 Å². The molecular weight excluding hydrogens is 265 g/mol. The topological polar surface area (TPSA) is 29.1 Å². The third-order valence-corrected chi connectivity index (χ3v) is 2.59. The van der Waals surface area contributed by atoms with Crippen LogP contribution in [0.5, 0.6) is 0 Å². The summed E-state index contributed by atoms with van der Waals surface area (Å²) in [5, 5.41) is 3.83. The summed E-state index contributed by atoms with van der Waals surface area (Å²) in [6.07, 6.45) is 0. The van der Waals surface area contributed by atoms with Crippen LogP contribution in [-0.2, 0) is 4.79 Å². The molecule has 1 aromatic carbocycles. The van der Waals surface area contributed by atoms with Gasteiger partial charge in [-0.15, -0.1) is 0 Å². The Morgan fingerprint density at radius 3 is 2.93 bits per heavy atom. The number of hydrogen-bond donors (Lipinski definition) is 1. The van der Waals surface area contributed by atoms with Crippen LogP contribution in [0.2, 0.25) is 5.02 Å². The smallest absolute Gasteiger partial charge is 0.231 e. The lowest BCUT2D eigenvalue weighted by Crippen LogP contribution is -2.27. The van der Waals surface area contributed by atoms with E-state index < -0.39 is 0 Å². The maximum Gasteiger partial charge on any atom is 0.231 e.